The van der Waals surface area contributed by atoms with Crippen LogP contribution in [0, 0.1) is 0 Å². The van der Waals surface area contributed by atoms with Gasteiger partial charge < -0.3 is 44.4 Å². The molecule has 0 radical (unpaired) electrons. The molecule has 2 aromatic heterocycles. The van der Waals surface area contributed by atoms with E-state index in [1.54, 1.807) is 35.8 Å². The van der Waals surface area contributed by atoms with Gasteiger partial charge in [0.1, 0.15) is 31.3 Å². The summed E-state index contributed by atoms with van der Waals surface area (Å²) in [5, 5.41) is 13.4. The Balaban J connectivity index is 0.810. The first kappa shape index (κ1) is 52.2. The number of amides is 3. The first-order chi connectivity index (χ1) is 33.3. The molecule has 1 unspecified atom stereocenters. The van der Waals surface area contributed by atoms with E-state index in [4.69, 9.17) is 34.4 Å². The molecule has 6 rings (SSSR count). The number of nitrogens with two attached hydrogens (primary N) is 1. The van der Waals surface area contributed by atoms with Crippen LogP contribution in [-0.2, 0) is 82.4 Å². The molecule has 0 saturated carbocycles. The molecule has 0 aliphatic carbocycles. The predicted molar refractivity (Wildman–Crippen MR) is 250 cm³/mol. The van der Waals surface area contributed by atoms with Gasteiger partial charge in [0.05, 0.1) is 61.5 Å². The number of imide groups is 1. The molecular formula is C50H63N5O14. The monoisotopic (exact) mass is 957 g/mol. The van der Waals surface area contributed by atoms with E-state index in [1.807, 2.05) is 6.92 Å². The molecule has 0 saturated heterocycles. The van der Waals surface area contributed by atoms with Gasteiger partial charge in [0.2, 0.25) is 11.5 Å². The number of aromatic hydroxyl groups is 1. The number of fused-ring (bicyclic) bond motifs is 5. The van der Waals surface area contributed by atoms with E-state index in [1.165, 1.54) is 17.1 Å². The molecule has 69 heavy (non-hydrogen) atoms. The van der Waals surface area contributed by atoms with Crippen LogP contribution in [0.4, 0.5) is 0 Å². The number of nitrogens with zero attached hydrogens (tertiary/aromatic N) is 3. The summed E-state index contributed by atoms with van der Waals surface area (Å²) in [6, 6.07) is 5.63. The van der Waals surface area contributed by atoms with Gasteiger partial charge in [-0.3, -0.25) is 38.5 Å². The maximum absolute atomic E-state index is 14.0. The topological polar surface area (TPSA) is 262 Å². The maximum Gasteiger partial charge on any atom is 0.355 e. The number of carbonyl (C=O) groups excluding carboxylic acids is 7. The molecule has 1 aromatic carbocycles. The fourth-order valence-corrected chi connectivity index (χ4v) is 8.84. The molecule has 372 valence electrons. The number of unbranched alkanes of at least 4 members (excludes halogenated alkanes) is 4. The average molecular weight is 958 g/mol. The molecule has 19 heteroatoms. The van der Waals surface area contributed by atoms with Crippen molar-refractivity contribution in [1.82, 2.24) is 19.8 Å². The van der Waals surface area contributed by atoms with Crippen molar-refractivity contribution >= 4 is 52.1 Å². The molecule has 3 aliphatic rings. The summed E-state index contributed by atoms with van der Waals surface area (Å²) in [6.45, 7) is 5.00. The van der Waals surface area contributed by atoms with Crippen LogP contribution in [0.3, 0.4) is 0 Å². The van der Waals surface area contributed by atoms with Gasteiger partial charge in [0.25, 0.3) is 17.4 Å². The Labute approximate surface area is 400 Å². The largest absolute Gasteiger partial charge is 0.508 e. The Bertz CT molecular complexity index is 2480. The van der Waals surface area contributed by atoms with Crippen LogP contribution in [0.25, 0.3) is 22.3 Å². The van der Waals surface area contributed by atoms with Crippen molar-refractivity contribution in [1.29, 1.82) is 0 Å². The third-order valence-electron chi connectivity index (χ3n) is 12.6. The number of hydrogen-bond acceptors (Lipinski definition) is 16. The fourth-order valence-electron chi connectivity index (χ4n) is 8.84. The highest BCUT2D eigenvalue weighted by molar-refractivity contribution is 6.12. The quantitative estimate of drug-likeness (QED) is 0.0382. The van der Waals surface area contributed by atoms with E-state index in [0.717, 1.165) is 22.9 Å². The molecule has 2 atom stereocenters. The van der Waals surface area contributed by atoms with Crippen LogP contribution < -0.4 is 16.6 Å². The Morgan fingerprint density at radius 1 is 0.841 bits per heavy atom. The molecule has 0 spiro atoms. The van der Waals surface area contributed by atoms with Gasteiger partial charge in [-0.1, -0.05) is 33.1 Å². The molecule has 4 N–H and O–H groups in total. The van der Waals surface area contributed by atoms with Crippen molar-refractivity contribution in [3.63, 3.8) is 0 Å². The first-order valence-corrected chi connectivity index (χ1v) is 23.9. The minimum absolute atomic E-state index is 0.0435. The lowest BCUT2D eigenvalue weighted by Gasteiger charge is -2.35. The second-order valence-corrected chi connectivity index (χ2v) is 17.4. The summed E-state index contributed by atoms with van der Waals surface area (Å²) < 4.78 is 29.2. The highest BCUT2D eigenvalue weighted by Crippen LogP contribution is 2.42. The third-order valence-corrected chi connectivity index (χ3v) is 12.6. The number of pyridine rings is 2. The van der Waals surface area contributed by atoms with Crippen LogP contribution in [0.5, 0.6) is 5.75 Å². The molecule has 3 aromatic rings. The molecule has 0 bridgehead atoms. The summed E-state index contributed by atoms with van der Waals surface area (Å²) in [7, 11) is 0. The molecule has 5 heterocycles. The number of Topliss-reactive ketones (excluding diaryl/α,β-unsaturated/α-hetero) is 2. The zero-order valence-corrected chi connectivity index (χ0v) is 39.5. The smallest absolute Gasteiger partial charge is 0.355 e. The lowest BCUT2D eigenvalue weighted by atomic mass is 9.85. The Hall–Kier alpha value is -6.15. The summed E-state index contributed by atoms with van der Waals surface area (Å²) >= 11 is 0. The number of nitrogens with one attached hydrogen (secondary N) is 1. The lowest BCUT2D eigenvalue weighted by molar-refractivity contribution is -0.189. The highest BCUT2D eigenvalue weighted by Gasteiger charge is 2.50. The van der Waals surface area contributed by atoms with Gasteiger partial charge in [0, 0.05) is 61.1 Å². The van der Waals surface area contributed by atoms with Gasteiger partial charge in [-0.2, -0.15) is 0 Å². The number of carbonyl (C=O) groups is 7. The van der Waals surface area contributed by atoms with Crippen molar-refractivity contribution in [2.24, 2.45) is 5.73 Å². The predicted octanol–water partition coefficient (Wildman–Crippen LogP) is 3.75. The molecule has 0 fully saturated rings. The molecule has 3 amide bonds. The van der Waals surface area contributed by atoms with Gasteiger partial charge in [-0.25, -0.2) is 9.78 Å². The number of ketones is 2. The SMILES string of the molecule is CCc1c2c(nc3ccc(O)cc13)-c1cc3c(c(=O)n1C2)COC(=O)[C@@]3(CC)OC(=O)CNC(=O)C(N)CCCCCC(=O)COCCOCCOCCCC(=O)CCCCCN1C(=O)C=CC1=O. The van der Waals surface area contributed by atoms with Crippen molar-refractivity contribution in [3.05, 3.63) is 69.0 Å². The minimum Gasteiger partial charge on any atom is -0.508 e. The van der Waals surface area contributed by atoms with E-state index in [-0.39, 0.29) is 73.0 Å². The van der Waals surface area contributed by atoms with Gasteiger partial charge in [0.15, 0.2) is 5.78 Å². The van der Waals surface area contributed by atoms with Gasteiger partial charge >= 0.3 is 11.9 Å². The maximum atomic E-state index is 14.0. The number of cyclic esters (lactones) is 1. The third kappa shape index (κ3) is 13.1. The number of ether oxygens (including phenoxy) is 5. The van der Waals surface area contributed by atoms with Crippen molar-refractivity contribution in [3.8, 4) is 17.1 Å². The Kier molecular flexibility index (Phi) is 18.9. The normalized spacial score (nSPS) is 16.3. The number of aryl methyl sites for hydroxylation is 1. The van der Waals surface area contributed by atoms with Crippen LogP contribution in [0.2, 0.25) is 0 Å². The van der Waals surface area contributed by atoms with Crippen LogP contribution in [0.1, 0.15) is 113 Å². The standard InChI is InChI=1S/C50H63N5O14/c1-3-35-36-26-33(57)16-17-41(36)53-46-37(35)29-55-42(46)27-39-38(48(55)63)31-68-49(64)50(39,4-2)69-45(61)28-52-47(62)40(51)15-9-5-7-13-34(58)30-67-25-24-66-23-22-65-21-11-14-32(56)12-8-6-10-20-54-43(59)18-19-44(54)60/h16-19,26-27,40,57H,3-15,20-25,28-31,51H2,1-2H3,(H,52,62)/t40?,50-/m0/s1. The summed E-state index contributed by atoms with van der Waals surface area (Å²) in [6.07, 6.45) is 9.15. The number of aromatic nitrogens is 2. The van der Waals surface area contributed by atoms with Crippen molar-refractivity contribution in [2.45, 2.75) is 122 Å². The van der Waals surface area contributed by atoms with Crippen molar-refractivity contribution < 1.29 is 62.4 Å². The van der Waals surface area contributed by atoms with E-state index in [2.05, 4.69) is 5.32 Å². The highest BCUT2D eigenvalue weighted by atomic mass is 16.6. The summed E-state index contributed by atoms with van der Waals surface area (Å²) in [5.74, 6) is -2.72. The van der Waals surface area contributed by atoms with Crippen LogP contribution in [0.15, 0.2) is 41.2 Å². The first-order valence-electron chi connectivity index (χ1n) is 23.9. The second-order valence-electron chi connectivity index (χ2n) is 17.4. The van der Waals surface area contributed by atoms with Crippen LogP contribution >= 0.6 is 0 Å². The number of benzene rings is 1. The van der Waals surface area contributed by atoms with E-state index >= 15 is 0 Å². The van der Waals surface area contributed by atoms with E-state index in [9.17, 15) is 43.5 Å². The number of esters is 2. The van der Waals surface area contributed by atoms with E-state index in [0.29, 0.717) is 121 Å². The minimum atomic E-state index is -1.95. The Morgan fingerprint density at radius 2 is 1.52 bits per heavy atom. The van der Waals surface area contributed by atoms with Gasteiger partial charge in [-0.05, 0) is 74.8 Å². The van der Waals surface area contributed by atoms with Gasteiger partial charge in [-0.15, -0.1) is 0 Å². The Morgan fingerprint density at radius 3 is 2.25 bits per heavy atom. The van der Waals surface area contributed by atoms with Crippen LogP contribution in [-0.4, -0.2) is 120 Å². The number of rotatable bonds is 30. The van der Waals surface area contributed by atoms with Crippen molar-refractivity contribution in [2.75, 3.05) is 52.7 Å². The van der Waals surface area contributed by atoms with E-state index < -0.39 is 41.6 Å². The number of phenolic OH excluding ortho intramolecular Hbond substituents is 1. The average Bonchev–Trinajstić information content (AvgIpc) is 3.87. The second kappa shape index (κ2) is 24.9. The molecular weight excluding hydrogens is 895 g/mol. The summed E-state index contributed by atoms with van der Waals surface area (Å²) in [4.78, 5) is 107. The molecule has 19 nitrogen and oxygen atoms in total. The number of hydrogen-bond donors (Lipinski definition) is 3. The summed E-state index contributed by atoms with van der Waals surface area (Å²) in [5.41, 5.74) is 7.57. The number of phenols is 1. The fraction of sp³-hybridized carbons (Fsp3) is 0.540. The molecule has 3 aliphatic heterocycles. The zero-order chi connectivity index (χ0) is 49.5. The lowest BCUT2D eigenvalue weighted by Crippen LogP contribution is -2.49. The zero-order valence-electron chi connectivity index (χ0n) is 39.5.